The molecular weight excluding hydrogens is 252 g/mol. The molecule has 1 aromatic rings. The number of hydroxylamine groups is 1. The summed E-state index contributed by atoms with van der Waals surface area (Å²) in [6, 6.07) is 10.0. The fourth-order valence-corrected chi connectivity index (χ4v) is 1.80. The number of ketones is 1. The van der Waals surface area contributed by atoms with Crippen molar-refractivity contribution in [3.63, 3.8) is 0 Å². The van der Waals surface area contributed by atoms with Gasteiger partial charge in [0.25, 0.3) is 0 Å². The maximum atomic E-state index is 11.6. The van der Waals surface area contributed by atoms with Gasteiger partial charge in [0.05, 0.1) is 6.54 Å². The smallest absolute Gasteiger partial charge is 0.165 e. The van der Waals surface area contributed by atoms with Crippen LogP contribution < -0.4 is 0 Å². The number of hydrogen-bond donors (Lipinski definition) is 0. The van der Waals surface area contributed by atoms with Crippen LogP contribution >= 0.6 is 0 Å². The molecule has 0 fully saturated rings. The van der Waals surface area contributed by atoms with E-state index in [1.165, 1.54) is 5.56 Å². The second-order valence-electron chi connectivity index (χ2n) is 5.31. The van der Waals surface area contributed by atoms with Gasteiger partial charge in [0, 0.05) is 19.5 Å². The summed E-state index contributed by atoms with van der Waals surface area (Å²) in [6.07, 6.45) is 2.16. The van der Waals surface area contributed by atoms with Gasteiger partial charge in [0.15, 0.2) is 12.3 Å². The minimum Gasteiger partial charge on any atom is -0.624 e. The van der Waals surface area contributed by atoms with Crippen LogP contribution in [-0.4, -0.2) is 40.8 Å². The number of hydrogen-bond acceptors (Lipinski definition) is 3. The topological polar surface area (TPSA) is 46.4 Å². The highest BCUT2D eigenvalue weighted by Crippen LogP contribution is 2.04. The molecule has 0 unspecified atom stereocenters. The van der Waals surface area contributed by atoms with Crippen LogP contribution in [0.1, 0.15) is 32.8 Å². The molecule has 1 rings (SSSR count). The van der Waals surface area contributed by atoms with Crippen LogP contribution in [0.4, 0.5) is 0 Å². The molecule has 0 saturated carbocycles. The molecule has 0 aliphatic rings. The Morgan fingerprint density at radius 3 is 2.55 bits per heavy atom. The average molecular weight is 276 g/mol. The quantitative estimate of drug-likeness (QED) is 0.317. The molecule has 0 saturated heterocycles. The van der Waals surface area contributed by atoms with E-state index < -0.39 is 0 Å². The summed E-state index contributed by atoms with van der Waals surface area (Å²) in [7, 11) is 0. The third-order valence-electron chi connectivity index (χ3n) is 3.06. The van der Waals surface area contributed by atoms with Crippen molar-refractivity contribution in [1.29, 1.82) is 0 Å². The van der Waals surface area contributed by atoms with Crippen LogP contribution in [0.15, 0.2) is 30.3 Å². The number of rotatable bonds is 8. The third kappa shape index (κ3) is 6.48. The zero-order chi connectivity index (χ0) is 15.0. The van der Waals surface area contributed by atoms with Crippen LogP contribution in [0.25, 0.3) is 0 Å². The molecule has 0 aliphatic heterocycles. The van der Waals surface area contributed by atoms with Crippen LogP contribution in [0.3, 0.4) is 0 Å². The summed E-state index contributed by atoms with van der Waals surface area (Å²) in [6.45, 7) is 7.30. The van der Waals surface area contributed by atoms with Crippen molar-refractivity contribution in [2.24, 2.45) is 0 Å². The Morgan fingerprint density at radius 1 is 1.35 bits per heavy atom. The van der Waals surface area contributed by atoms with Crippen molar-refractivity contribution in [2.75, 3.05) is 13.1 Å². The van der Waals surface area contributed by atoms with Gasteiger partial charge in [-0.25, -0.2) is 4.74 Å². The molecule has 20 heavy (non-hydrogen) atoms. The maximum absolute atomic E-state index is 11.6. The van der Waals surface area contributed by atoms with Crippen LogP contribution in [-0.2, 0) is 11.3 Å². The first-order valence-corrected chi connectivity index (χ1v) is 7.03. The van der Waals surface area contributed by atoms with Gasteiger partial charge in [0.2, 0.25) is 0 Å². The standard InChI is InChI=1S/C16H24N2O2/c1-14(2)18(20)12-11-17(10-9-15(3)19)13-16-7-5-4-6-8-16/h4-8,12,14H,9-11,13H2,1-3H3/b18-12-. The van der Waals surface area contributed by atoms with Gasteiger partial charge >= 0.3 is 0 Å². The van der Waals surface area contributed by atoms with Crippen molar-refractivity contribution < 1.29 is 9.53 Å². The Labute approximate surface area is 121 Å². The van der Waals surface area contributed by atoms with Gasteiger partial charge in [-0.15, -0.1) is 0 Å². The van der Waals surface area contributed by atoms with E-state index in [0.29, 0.717) is 19.5 Å². The van der Waals surface area contributed by atoms with Crippen LogP contribution in [0.5, 0.6) is 0 Å². The highest BCUT2D eigenvalue weighted by Gasteiger charge is 2.09. The van der Waals surface area contributed by atoms with E-state index in [9.17, 15) is 10.0 Å². The fourth-order valence-electron chi connectivity index (χ4n) is 1.80. The molecular formula is C16H24N2O2. The summed E-state index contributed by atoms with van der Waals surface area (Å²) in [5, 5.41) is 11.6. The maximum Gasteiger partial charge on any atom is 0.165 e. The summed E-state index contributed by atoms with van der Waals surface area (Å²) in [4.78, 5) is 13.3. The molecule has 1 aromatic carbocycles. The average Bonchev–Trinajstić information content (AvgIpc) is 2.42. The SMILES string of the molecule is CC(=O)CCN(C/C=[N+](\[O-])C(C)C)Cc1ccccc1. The zero-order valence-electron chi connectivity index (χ0n) is 12.6. The largest absolute Gasteiger partial charge is 0.624 e. The van der Waals surface area contributed by atoms with E-state index in [1.807, 2.05) is 32.0 Å². The van der Waals surface area contributed by atoms with Gasteiger partial charge in [-0.1, -0.05) is 30.3 Å². The minimum absolute atomic E-state index is 0.0543. The van der Waals surface area contributed by atoms with E-state index in [2.05, 4.69) is 17.0 Å². The van der Waals surface area contributed by atoms with Gasteiger partial charge in [-0.05, 0) is 26.3 Å². The molecule has 0 amide bonds. The van der Waals surface area contributed by atoms with Crippen molar-refractivity contribution in [3.8, 4) is 0 Å². The van der Waals surface area contributed by atoms with Crippen molar-refractivity contribution in [3.05, 3.63) is 41.1 Å². The zero-order valence-corrected chi connectivity index (χ0v) is 12.6. The highest BCUT2D eigenvalue weighted by atomic mass is 16.5. The van der Waals surface area contributed by atoms with Crippen LogP contribution in [0, 0.1) is 5.21 Å². The molecule has 0 atom stereocenters. The number of carbonyl (C=O) groups is 1. The molecule has 0 radical (unpaired) electrons. The number of Topliss-reactive ketones (excluding diaryl/α,β-unsaturated/α-hetero) is 1. The Balaban J connectivity index is 2.64. The third-order valence-corrected chi connectivity index (χ3v) is 3.06. The summed E-state index contributed by atoms with van der Waals surface area (Å²) in [5.41, 5.74) is 1.19. The molecule has 0 aliphatic carbocycles. The molecule has 4 nitrogen and oxygen atoms in total. The predicted molar refractivity (Wildman–Crippen MR) is 81.8 cm³/mol. The molecule has 0 N–H and O–H groups in total. The van der Waals surface area contributed by atoms with Gasteiger partial charge in [-0.3, -0.25) is 9.69 Å². The first kappa shape index (κ1) is 16.4. The lowest BCUT2D eigenvalue weighted by molar-refractivity contribution is -0.488. The van der Waals surface area contributed by atoms with Crippen molar-refractivity contribution in [1.82, 2.24) is 4.90 Å². The lowest BCUT2D eigenvalue weighted by Gasteiger charge is -2.20. The first-order valence-electron chi connectivity index (χ1n) is 7.03. The lowest BCUT2D eigenvalue weighted by Crippen LogP contribution is -2.30. The number of carbonyl (C=O) groups excluding carboxylic acids is 1. The van der Waals surface area contributed by atoms with Crippen molar-refractivity contribution >= 4 is 12.0 Å². The first-order chi connectivity index (χ1) is 9.49. The minimum atomic E-state index is -0.0543. The van der Waals surface area contributed by atoms with Gasteiger partial charge < -0.3 is 5.21 Å². The Morgan fingerprint density at radius 2 is 2.00 bits per heavy atom. The van der Waals surface area contributed by atoms with E-state index in [0.717, 1.165) is 11.3 Å². The Hall–Kier alpha value is -1.68. The molecule has 110 valence electrons. The molecule has 4 heteroatoms. The fraction of sp³-hybridized carbons (Fsp3) is 0.500. The Kier molecular flexibility index (Phi) is 6.94. The van der Waals surface area contributed by atoms with E-state index >= 15 is 0 Å². The summed E-state index contributed by atoms with van der Waals surface area (Å²) < 4.78 is 0.964. The van der Waals surface area contributed by atoms with Gasteiger partial charge in [-0.2, -0.15) is 0 Å². The van der Waals surface area contributed by atoms with E-state index in [-0.39, 0.29) is 11.8 Å². The molecule has 0 aromatic heterocycles. The lowest BCUT2D eigenvalue weighted by atomic mass is 10.2. The number of benzene rings is 1. The van der Waals surface area contributed by atoms with Gasteiger partial charge in [0.1, 0.15) is 5.78 Å². The second kappa shape index (κ2) is 8.48. The van der Waals surface area contributed by atoms with Crippen LogP contribution in [0.2, 0.25) is 0 Å². The monoisotopic (exact) mass is 276 g/mol. The summed E-state index contributed by atoms with van der Waals surface area (Å²) >= 11 is 0. The van der Waals surface area contributed by atoms with E-state index in [4.69, 9.17) is 0 Å². The number of nitrogens with zero attached hydrogens (tertiary/aromatic N) is 2. The normalized spacial score (nSPS) is 12.2. The highest BCUT2D eigenvalue weighted by molar-refractivity contribution is 5.75. The summed E-state index contributed by atoms with van der Waals surface area (Å²) in [5.74, 6) is 0.172. The molecule has 0 heterocycles. The predicted octanol–water partition coefficient (Wildman–Crippen LogP) is 2.46. The second-order valence-corrected chi connectivity index (χ2v) is 5.31. The molecule has 0 spiro atoms. The van der Waals surface area contributed by atoms with Crippen molar-refractivity contribution in [2.45, 2.75) is 39.8 Å². The van der Waals surface area contributed by atoms with E-state index in [1.54, 1.807) is 13.1 Å². The molecule has 0 bridgehead atoms. The Bertz CT molecular complexity index is 441.